The van der Waals surface area contributed by atoms with Gasteiger partial charge in [0, 0.05) is 22.5 Å². The fourth-order valence-corrected chi connectivity index (χ4v) is 3.34. The average Bonchev–Trinajstić information content (AvgIpc) is 3.04. The van der Waals surface area contributed by atoms with Gasteiger partial charge < -0.3 is 0 Å². The number of rotatable bonds is 6. The predicted molar refractivity (Wildman–Crippen MR) is 89.1 cm³/mol. The van der Waals surface area contributed by atoms with E-state index in [9.17, 15) is 0 Å². The summed E-state index contributed by atoms with van der Waals surface area (Å²) < 4.78 is 0. The number of aromatic nitrogens is 1. The van der Waals surface area contributed by atoms with Crippen LogP contribution in [0, 0.1) is 0 Å². The van der Waals surface area contributed by atoms with Gasteiger partial charge in [0.15, 0.2) is 0 Å². The summed E-state index contributed by atoms with van der Waals surface area (Å²) in [6.45, 7) is 0. The van der Waals surface area contributed by atoms with Crippen LogP contribution in [0.15, 0.2) is 54.0 Å². The van der Waals surface area contributed by atoms with Crippen molar-refractivity contribution < 1.29 is 0 Å². The van der Waals surface area contributed by atoms with Gasteiger partial charge in [-0.25, -0.2) is 0 Å². The van der Waals surface area contributed by atoms with E-state index in [2.05, 4.69) is 52.2 Å². The Kier molecular flexibility index (Phi) is 4.60. The highest BCUT2D eigenvalue weighted by atomic mass is 32.1. The van der Waals surface area contributed by atoms with Gasteiger partial charge in [-0.15, -0.1) is 11.3 Å². The van der Waals surface area contributed by atoms with E-state index in [0.29, 0.717) is 0 Å². The van der Waals surface area contributed by atoms with Crippen LogP contribution in [0.25, 0.3) is 10.9 Å². The molecule has 0 amide bonds. The topological polar surface area (TPSA) is 50.9 Å². The van der Waals surface area contributed by atoms with Crippen molar-refractivity contribution >= 4 is 22.2 Å². The molecule has 4 heteroatoms. The van der Waals surface area contributed by atoms with E-state index in [1.54, 1.807) is 0 Å². The minimum Gasteiger partial charge on any atom is -0.271 e. The minimum absolute atomic E-state index is 0.189. The second-order valence-electron chi connectivity index (χ2n) is 5.15. The third-order valence-corrected chi connectivity index (χ3v) is 4.66. The van der Waals surface area contributed by atoms with E-state index >= 15 is 0 Å². The van der Waals surface area contributed by atoms with Crippen LogP contribution < -0.4 is 11.3 Å². The lowest BCUT2D eigenvalue weighted by molar-refractivity contribution is 0.500. The molecule has 0 spiro atoms. The van der Waals surface area contributed by atoms with Crippen LogP contribution in [0.5, 0.6) is 0 Å². The zero-order valence-corrected chi connectivity index (χ0v) is 12.6. The Labute approximate surface area is 128 Å². The summed E-state index contributed by atoms with van der Waals surface area (Å²) in [6.07, 6.45) is 5.09. The second-order valence-corrected chi connectivity index (χ2v) is 6.18. The molecule has 0 fully saturated rings. The Morgan fingerprint density at radius 1 is 1.19 bits per heavy atom. The number of thiophene rings is 1. The van der Waals surface area contributed by atoms with Crippen LogP contribution in [0.3, 0.4) is 0 Å². The van der Waals surface area contributed by atoms with Crippen molar-refractivity contribution in [3.8, 4) is 0 Å². The molecule has 2 heterocycles. The van der Waals surface area contributed by atoms with E-state index in [1.807, 2.05) is 23.6 Å². The summed E-state index contributed by atoms with van der Waals surface area (Å²) in [6, 6.07) is 14.9. The molecule has 0 radical (unpaired) electrons. The molecular formula is C17H19N3S. The van der Waals surface area contributed by atoms with Crippen molar-refractivity contribution in [3.63, 3.8) is 0 Å². The molecule has 21 heavy (non-hydrogen) atoms. The highest BCUT2D eigenvalue weighted by Crippen LogP contribution is 2.23. The van der Waals surface area contributed by atoms with Crippen molar-refractivity contribution in [1.82, 2.24) is 10.4 Å². The number of hydrazine groups is 1. The summed E-state index contributed by atoms with van der Waals surface area (Å²) in [5.74, 6) is 5.75. The van der Waals surface area contributed by atoms with Gasteiger partial charge in [-0.3, -0.25) is 16.3 Å². The molecule has 3 N–H and O–H groups in total. The molecule has 0 saturated carbocycles. The summed E-state index contributed by atoms with van der Waals surface area (Å²) in [7, 11) is 0. The van der Waals surface area contributed by atoms with Gasteiger partial charge >= 0.3 is 0 Å². The van der Waals surface area contributed by atoms with Crippen molar-refractivity contribution in [1.29, 1.82) is 0 Å². The molecule has 108 valence electrons. The quantitative estimate of drug-likeness (QED) is 0.537. The molecular weight excluding hydrogens is 278 g/mol. The summed E-state index contributed by atoms with van der Waals surface area (Å²) >= 11 is 1.82. The highest BCUT2D eigenvalue weighted by Gasteiger charge is 2.10. The third kappa shape index (κ3) is 3.47. The van der Waals surface area contributed by atoms with Crippen molar-refractivity contribution in [3.05, 3.63) is 64.5 Å². The third-order valence-electron chi connectivity index (χ3n) is 3.73. The fraction of sp³-hybridized carbons (Fsp3) is 0.235. The molecule has 3 nitrogen and oxygen atoms in total. The Morgan fingerprint density at radius 3 is 2.95 bits per heavy atom. The molecule has 1 atom stereocenters. The minimum atomic E-state index is 0.189. The van der Waals surface area contributed by atoms with Gasteiger partial charge in [-0.05, 0) is 54.5 Å². The fourth-order valence-electron chi connectivity index (χ4n) is 2.59. The molecule has 0 aliphatic rings. The maximum Gasteiger partial charge on any atom is 0.0702 e. The van der Waals surface area contributed by atoms with E-state index in [0.717, 1.165) is 30.2 Å². The maximum atomic E-state index is 5.75. The number of nitrogens with one attached hydrogen (secondary N) is 1. The van der Waals surface area contributed by atoms with E-state index in [1.165, 1.54) is 10.4 Å². The molecule has 1 unspecified atom stereocenters. The monoisotopic (exact) mass is 297 g/mol. The Morgan fingerprint density at radius 2 is 2.14 bits per heavy atom. The van der Waals surface area contributed by atoms with Gasteiger partial charge in [-0.2, -0.15) is 0 Å². The molecule has 0 aliphatic carbocycles. The van der Waals surface area contributed by atoms with Gasteiger partial charge in [0.25, 0.3) is 0 Å². The molecule has 0 saturated heterocycles. The number of fused-ring (bicyclic) bond motifs is 1. The summed E-state index contributed by atoms with van der Waals surface area (Å²) in [4.78, 5) is 5.79. The number of pyridine rings is 1. The normalized spacial score (nSPS) is 12.6. The maximum absolute atomic E-state index is 5.75. The lowest BCUT2D eigenvalue weighted by Gasteiger charge is -2.16. The van der Waals surface area contributed by atoms with Crippen LogP contribution in [0.4, 0.5) is 0 Å². The highest BCUT2D eigenvalue weighted by molar-refractivity contribution is 7.09. The summed E-state index contributed by atoms with van der Waals surface area (Å²) in [5, 5.41) is 3.29. The van der Waals surface area contributed by atoms with Crippen LogP contribution in [0.1, 0.15) is 29.3 Å². The zero-order valence-electron chi connectivity index (χ0n) is 11.8. The predicted octanol–water partition coefficient (Wildman–Crippen LogP) is 3.82. The largest absolute Gasteiger partial charge is 0.271 e. The lowest BCUT2D eigenvalue weighted by Crippen LogP contribution is -2.28. The second kappa shape index (κ2) is 6.80. The Bertz CT molecular complexity index is 694. The van der Waals surface area contributed by atoms with Crippen molar-refractivity contribution in [2.75, 3.05) is 0 Å². The standard InChI is InChI=1S/C17H19N3S/c18-20-17(7-1-5-15-6-3-11-21-15)14-8-9-16-13(12-14)4-2-10-19-16/h2-4,6,8-12,17,20H,1,5,7,18H2. The number of hydrogen-bond acceptors (Lipinski definition) is 4. The Hall–Kier alpha value is -1.75. The first-order valence-corrected chi connectivity index (χ1v) is 8.08. The van der Waals surface area contributed by atoms with Crippen LogP contribution >= 0.6 is 11.3 Å². The van der Waals surface area contributed by atoms with E-state index in [4.69, 9.17) is 5.84 Å². The Balaban J connectivity index is 1.68. The van der Waals surface area contributed by atoms with Crippen LogP contribution in [-0.4, -0.2) is 4.98 Å². The van der Waals surface area contributed by atoms with Crippen molar-refractivity contribution in [2.45, 2.75) is 25.3 Å². The van der Waals surface area contributed by atoms with Gasteiger partial charge in [0.05, 0.1) is 5.52 Å². The number of hydrogen-bond donors (Lipinski definition) is 2. The van der Waals surface area contributed by atoms with Crippen LogP contribution in [0.2, 0.25) is 0 Å². The number of nitrogens with zero attached hydrogens (tertiary/aromatic N) is 1. The summed E-state index contributed by atoms with van der Waals surface area (Å²) in [5.41, 5.74) is 5.20. The van der Waals surface area contributed by atoms with Crippen LogP contribution in [-0.2, 0) is 6.42 Å². The van der Waals surface area contributed by atoms with E-state index in [-0.39, 0.29) is 6.04 Å². The SMILES string of the molecule is NNC(CCCc1cccs1)c1ccc2ncccc2c1. The first-order chi connectivity index (χ1) is 10.4. The molecule has 2 aromatic heterocycles. The molecule has 1 aromatic carbocycles. The number of nitrogens with two attached hydrogens (primary N) is 1. The van der Waals surface area contributed by atoms with Gasteiger partial charge in [0.2, 0.25) is 0 Å². The average molecular weight is 297 g/mol. The molecule has 0 aliphatic heterocycles. The van der Waals surface area contributed by atoms with Gasteiger partial charge in [-0.1, -0.05) is 18.2 Å². The smallest absolute Gasteiger partial charge is 0.0702 e. The first kappa shape index (κ1) is 14.2. The number of aryl methyl sites for hydroxylation is 1. The number of benzene rings is 1. The molecule has 3 rings (SSSR count). The first-order valence-electron chi connectivity index (χ1n) is 7.20. The van der Waals surface area contributed by atoms with E-state index < -0.39 is 0 Å². The zero-order chi connectivity index (χ0) is 14.5. The lowest BCUT2D eigenvalue weighted by atomic mass is 9.99. The molecule has 3 aromatic rings. The van der Waals surface area contributed by atoms with Crippen molar-refractivity contribution in [2.24, 2.45) is 5.84 Å². The molecule has 0 bridgehead atoms. The van der Waals surface area contributed by atoms with Gasteiger partial charge in [0.1, 0.15) is 0 Å².